The smallest absolute Gasteiger partial charge is 0.335 e. The maximum Gasteiger partial charge on any atom is 0.337 e. The van der Waals surface area contributed by atoms with Crippen LogP contribution in [0.2, 0.25) is 0 Å². The highest BCUT2D eigenvalue weighted by Gasteiger charge is 2.16. The first-order valence-electron chi connectivity index (χ1n) is 4.36. The van der Waals surface area contributed by atoms with Crippen LogP contribution in [0.15, 0.2) is 41.5 Å². The predicted molar refractivity (Wildman–Crippen MR) is 56.1 cm³/mol. The van der Waals surface area contributed by atoms with Crippen molar-refractivity contribution in [1.82, 2.24) is 10.3 Å². The largest absolute Gasteiger partial charge is 0.337 e. The van der Waals surface area contributed by atoms with Crippen molar-refractivity contribution < 1.29 is 4.79 Å². The molecule has 0 atom stereocenters. The molecule has 1 aliphatic rings. The van der Waals surface area contributed by atoms with Gasteiger partial charge in [-0.1, -0.05) is 36.4 Å². The zero-order chi connectivity index (χ0) is 10.2. The number of urea groups is 1. The van der Waals surface area contributed by atoms with Gasteiger partial charge in [0.05, 0.1) is 6.54 Å². The summed E-state index contributed by atoms with van der Waals surface area (Å²) < 4.78 is 0. The van der Waals surface area contributed by atoms with Gasteiger partial charge in [-0.05, 0) is 0 Å². The first-order valence-corrected chi connectivity index (χ1v) is 4.36. The van der Waals surface area contributed by atoms with Gasteiger partial charge < -0.3 is 5.32 Å². The van der Waals surface area contributed by atoms with Gasteiger partial charge in [0.25, 0.3) is 0 Å². The summed E-state index contributed by atoms with van der Waals surface area (Å²) in [5, 5.41) is 7.31. The highest BCUT2D eigenvalue weighted by molar-refractivity contribution is 5.76. The van der Waals surface area contributed by atoms with Gasteiger partial charge in [-0.15, -0.1) is 0 Å². The standard InChI is InChI=1S/C6H6.C4H7N3O/c1-2-4-6-5-3-1;1-5-7-3-2-6-4(7)8/h1-6H;1-3H2,(H,6,8). The Balaban J connectivity index is 0.000000146. The van der Waals surface area contributed by atoms with Gasteiger partial charge in [-0.25, -0.2) is 9.80 Å². The van der Waals surface area contributed by atoms with Crippen molar-refractivity contribution >= 4 is 12.7 Å². The van der Waals surface area contributed by atoms with Crippen molar-refractivity contribution in [2.75, 3.05) is 13.1 Å². The first kappa shape index (κ1) is 10.2. The normalized spacial score (nSPS) is 14.0. The molecule has 0 radical (unpaired) electrons. The monoisotopic (exact) mass is 191 g/mol. The molecule has 0 aliphatic carbocycles. The molecule has 2 amide bonds. The second-order valence-electron chi connectivity index (χ2n) is 2.65. The Morgan fingerprint density at radius 3 is 1.93 bits per heavy atom. The van der Waals surface area contributed by atoms with E-state index in [1.807, 2.05) is 36.4 Å². The number of amides is 2. The van der Waals surface area contributed by atoms with Gasteiger partial charge >= 0.3 is 6.03 Å². The van der Waals surface area contributed by atoms with E-state index in [1.54, 1.807) is 0 Å². The Kier molecular flexibility index (Phi) is 4.20. The molecule has 1 aromatic rings. The van der Waals surface area contributed by atoms with Crippen molar-refractivity contribution in [3.63, 3.8) is 0 Å². The van der Waals surface area contributed by atoms with E-state index in [-0.39, 0.29) is 6.03 Å². The van der Waals surface area contributed by atoms with Crippen LogP contribution >= 0.6 is 0 Å². The van der Waals surface area contributed by atoms with E-state index < -0.39 is 0 Å². The number of carbonyl (C=O) groups excluding carboxylic acids is 1. The molecule has 1 saturated heterocycles. The molecule has 1 aromatic carbocycles. The lowest BCUT2D eigenvalue weighted by Crippen LogP contribution is -2.22. The Morgan fingerprint density at radius 2 is 1.71 bits per heavy atom. The average molecular weight is 191 g/mol. The molecule has 1 N–H and O–H groups in total. The van der Waals surface area contributed by atoms with Crippen LogP contribution in [0.25, 0.3) is 0 Å². The SMILES string of the molecule is C=NN1CCNC1=O.c1ccccc1. The molecule has 0 bridgehead atoms. The number of benzene rings is 1. The van der Waals surface area contributed by atoms with Crippen LogP contribution in [0.4, 0.5) is 4.79 Å². The van der Waals surface area contributed by atoms with Crippen LogP contribution in [0, 0.1) is 0 Å². The number of hydrazone groups is 1. The first-order chi connectivity index (χ1) is 6.84. The van der Waals surface area contributed by atoms with Crippen molar-refractivity contribution in [3.05, 3.63) is 36.4 Å². The molecule has 1 fully saturated rings. The van der Waals surface area contributed by atoms with Crippen molar-refractivity contribution in [2.24, 2.45) is 5.10 Å². The Bertz CT molecular complexity index is 260. The molecule has 0 saturated carbocycles. The van der Waals surface area contributed by atoms with E-state index in [0.717, 1.165) is 0 Å². The Hall–Kier alpha value is -1.84. The Labute approximate surface area is 83.2 Å². The molecule has 1 heterocycles. The topological polar surface area (TPSA) is 44.7 Å². The van der Waals surface area contributed by atoms with Gasteiger partial charge in [-0.3, -0.25) is 0 Å². The third kappa shape index (κ3) is 3.26. The van der Waals surface area contributed by atoms with Gasteiger partial charge in [0.15, 0.2) is 0 Å². The lowest BCUT2D eigenvalue weighted by atomic mass is 10.4. The number of nitrogens with zero attached hydrogens (tertiary/aromatic N) is 2. The molecular formula is C10H13N3O. The van der Waals surface area contributed by atoms with Crippen LogP contribution in [-0.2, 0) is 0 Å². The maximum absolute atomic E-state index is 10.5. The summed E-state index contributed by atoms with van der Waals surface area (Å²) in [4.78, 5) is 10.5. The molecular weight excluding hydrogens is 178 g/mol. The minimum absolute atomic E-state index is 0.153. The summed E-state index contributed by atoms with van der Waals surface area (Å²) in [7, 11) is 0. The van der Waals surface area contributed by atoms with Gasteiger partial charge in [-0.2, -0.15) is 5.10 Å². The van der Waals surface area contributed by atoms with Crippen molar-refractivity contribution in [2.45, 2.75) is 0 Å². The summed E-state index contributed by atoms with van der Waals surface area (Å²) in [6.45, 7) is 4.53. The molecule has 0 aromatic heterocycles. The van der Waals surface area contributed by atoms with Gasteiger partial charge in [0.1, 0.15) is 0 Å². The number of rotatable bonds is 1. The van der Waals surface area contributed by atoms with Crippen LogP contribution in [0.5, 0.6) is 0 Å². The fourth-order valence-corrected chi connectivity index (χ4v) is 0.981. The summed E-state index contributed by atoms with van der Waals surface area (Å²) in [6.07, 6.45) is 0. The second kappa shape index (κ2) is 5.75. The summed E-state index contributed by atoms with van der Waals surface area (Å²) in [5.41, 5.74) is 0. The summed E-state index contributed by atoms with van der Waals surface area (Å²) in [5.74, 6) is 0. The number of nitrogens with one attached hydrogen (secondary N) is 1. The third-order valence-corrected chi connectivity index (χ3v) is 1.67. The average Bonchev–Trinajstić information content (AvgIpc) is 2.67. The van der Waals surface area contributed by atoms with E-state index in [2.05, 4.69) is 17.1 Å². The molecule has 2 rings (SSSR count). The molecule has 74 valence electrons. The number of carbonyl (C=O) groups is 1. The van der Waals surface area contributed by atoms with Gasteiger partial charge in [0.2, 0.25) is 0 Å². The lowest BCUT2D eigenvalue weighted by Gasteiger charge is -2.01. The summed E-state index contributed by atoms with van der Waals surface area (Å²) in [6, 6.07) is 11.8. The minimum Gasteiger partial charge on any atom is -0.335 e. The third-order valence-electron chi connectivity index (χ3n) is 1.67. The summed E-state index contributed by atoms with van der Waals surface area (Å²) >= 11 is 0. The fraction of sp³-hybridized carbons (Fsp3) is 0.200. The lowest BCUT2D eigenvalue weighted by molar-refractivity contribution is 0.220. The van der Waals surface area contributed by atoms with Crippen LogP contribution in [-0.4, -0.2) is 30.8 Å². The van der Waals surface area contributed by atoms with Gasteiger partial charge in [0, 0.05) is 13.3 Å². The predicted octanol–water partition coefficient (Wildman–Crippen LogP) is 1.31. The molecule has 1 aliphatic heterocycles. The molecule has 4 nitrogen and oxygen atoms in total. The number of hydrogen-bond acceptors (Lipinski definition) is 2. The minimum atomic E-state index is -0.153. The van der Waals surface area contributed by atoms with E-state index in [1.165, 1.54) is 5.01 Å². The van der Waals surface area contributed by atoms with E-state index in [4.69, 9.17) is 0 Å². The Morgan fingerprint density at radius 1 is 1.21 bits per heavy atom. The fourth-order valence-electron chi connectivity index (χ4n) is 0.981. The quantitative estimate of drug-likeness (QED) is 0.668. The van der Waals surface area contributed by atoms with Crippen LogP contribution in [0.1, 0.15) is 0 Å². The van der Waals surface area contributed by atoms with Crippen LogP contribution < -0.4 is 5.32 Å². The van der Waals surface area contributed by atoms with E-state index >= 15 is 0 Å². The molecule has 14 heavy (non-hydrogen) atoms. The zero-order valence-corrected chi connectivity index (χ0v) is 7.89. The van der Waals surface area contributed by atoms with Crippen molar-refractivity contribution in [1.29, 1.82) is 0 Å². The second-order valence-corrected chi connectivity index (χ2v) is 2.65. The van der Waals surface area contributed by atoms with Crippen LogP contribution in [0.3, 0.4) is 0 Å². The molecule has 0 spiro atoms. The molecule has 4 heteroatoms. The zero-order valence-electron chi connectivity index (χ0n) is 7.89. The highest BCUT2D eigenvalue weighted by atomic mass is 16.2. The van der Waals surface area contributed by atoms with Crippen molar-refractivity contribution in [3.8, 4) is 0 Å². The highest BCUT2D eigenvalue weighted by Crippen LogP contribution is 1.93. The number of hydrogen-bond donors (Lipinski definition) is 1. The van der Waals surface area contributed by atoms with E-state index in [0.29, 0.717) is 13.1 Å². The van der Waals surface area contributed by atoms with E-state index in [9.17, 15) is 4.79 Å². The maximum atomic E-state index is 10.5. The molecule has 0 unspecified atom stereocenters.